The van der Waals surface area contributed by atoms with Crippen LogP contribution in [0.3, 0.4) is 0 Å². The second-order valence-electron chi connectivity index (χ2n) is 12.5. The molecule has 230 valence electrons. The molecule has 4 nitrogen and oxygen atoms in total. The summed E-state index contributed by atoms with van der Waals surface area (Å²) in [5, 5.41) is 4.86. The van der Waals surface area contributed by atoms with Gasteiger partial charge in [-0.05, 0) is 83.9 Å². The van der Waals surface area contributed by atoms with Crippen LogP contribution in [0.2, 0.25) is 0 Å². The molecular formula is C45H29N3O. The molecule has 0 N–H and O–H groups in total. The molecule has 0 saturated carbocycles. The minimum absolute atomic E-state index is 0.961. The van der Waals surface area contributed by atoms with Crippen molar-refractivity contribution >= 4 is 43.6 Å². The molecule has 4 aromatic heterocycles. The minimum Gasteiger partial charge on any atom is -0.471 e. The van der Waals surface area contributed by atoms with Gasteiger partial charge in [-0.1, -0.05) is 84.9 Å². The Kier molecular flexibility index (Phi) is 6.15. The van der Waals surface area contributed by atoms with Crippen LogP contribution in [0.4, 0.5) is 0 Å². The van der Waals surface area contributed by atoms with E-state index in [4.69, 9.17) is 4.42 Å². The normalized spacial score (nSPS) is 11.7. The zero-order valence-electron chi connectivity index (χ0n) is 26.5. The number of para-hydroxylation sites is 3. The lowest BCUT2D eigenvalue weighted by Gasteiger charge is -2.10. The van der Waals surface area contributed by atoms with Gasteiger partial charge in [0.1, 0.15) is 0 Å². The zero-order valence-corrected chi connectivity index (χ0v) is 26.5. The Bertz CT molecular complexity index is 2820. The first-order valence-electron chi connectivity index (χ1n) is 16.5. The van der Waals surface area contributed by atoms with Crippen LogP contribution in [-0.4, -0.2) is 14.1 Å². The van der Waals surface area contributed by atoms with Crippen molar-refractivity contribution in [1.29, 1.82) is 0 Å². The van der Waals surface area contributed by atoms with Crippen LogP contribution in [0.5, 0.6) is 0 Å². The molecular weight excluding hydrogens is 599 g/mol. The molecule has 0 bridgehead atoms. The van der Waals surface area contributed by atoms with Crippen LogP contribution in [-0.2, 0) is 0 Å². The molecule has 10 aromatic rings. The number of hydrogen-bond donors (Lipinski definition) is 0. The summed E-state index contributed by atoms with van der Waals surface area (Å²) in [6.45, 7) is 0. The van der Waals surface area contributed by atoms with E-state index in [1.807, 2.05) is 30.9 Å². The highest BCUT2D eigenvalue weighted by Gasteiger charge is 2.18. The van der Waals surface area contributed by atoms with Gasteiger partial charge in [0.05, 0.1) is 40.3 Å². The highest BCUT2D eigenvalue weighted by molar-refractivity contribution is 6.12. The molecule has 0 unspecified atom stereocenters. The Balaban J connectivity index is 1.12. The summed E-state index contributed by atoms with van der Waals surface area (Å²) in [7, 11) is 0. The van der Waals surface area contributed by atoms with Crippen LogP contribution >= 0.6 is 0 Å². The van der Waals surface area contributed by atoms with Gasteiger partial charge in [0.25, 0.3) is 0 Å². The third-order valence-electron chi connectivity index (χ3n) is 9.71. The number of fused-ring (bicyclic) bond motifs is 6. The Hall–Kier alpha value is -6.65. The maximum absolute atomic E-state index is 5.94. The number of benzene rings is 6. The average molecular weight is 628 g/mol. The van der Waals surface area contributed by atoms with E-state index in [-0.39, 0.29) is 0 Å². The Morgan fingerprint density at radius 1 is 0.388 bits per heavy atom. The summed E-state index contributed by atoms with van der Waals surface area (Å²) >= 11 is 0. The summed E-state index contributed by atoms with van der Waals surface area (Å²) in [5.41, 5.74) is 13.4. The van der Waals surface area contributed by atoms with E-state index < -0.39 is 0 Å². The third-order valence-corrected chi connectivity index (χ3v) is 9.71. The summed E-state index contributed by atoms with van der Waals surface area (Å²) in [6.07, 6.45) is 5.60. The molecule has 6 aromatic carbocycles. The molecule has 0 spiro atoms. The molecule has 0 atom stereocenters. The fraction of sp³-hybridized carbons (Fsp3) is 0. The van der Waals surface area contributed by atoms with Gasteiger partial charge in [-0.2, -0.15) is 0 Å². The number of furan rings is 1. The molecule has 10 rings (SSSR count). The number of hydrogen-bond acceptors (Lipinski definition) is 2. The van der Waals surface area contributed by atoms with Gasteiger partial charge < -0.3 is 13.6 Å². The lowest BCUT2D eigenvalue weighted by Crippen LogP contribution is -1.94. The van der Waals surface area contributed by atoms with E-state index in [1.165, 1.54) is 38.1 Å². The van der Waals surface area contributed by atoms with Gasteiger partial charge in [-0.25, -0.2) is 0 Å². The first kappa shape index (κ1) is 27.5. The lowest BCUT2D eigenvalue weighted by atomic mass is 9.96. The molecule has 0 aliphatic rings. The van der Waals surface area contributed by atoms with Crippen molar-refractivity contribution < 1.29 is 4.42 Å². The van der Waals surface area contributed by atoms with Crippen molar-refractivity contribution in [2.45, 2.75) is 0 Å². The average Bonchev–Trinajstić information content (AvgIpc) is 3.88. The maximum atomic E-state index is 5.94. The molecule has 0 saturated heterocycles. The number of pyridine rings is 1. The lowest BCUT2D eigenvalue weighted by molar-refractivity contribution is 0.569. The molecule has 0 aliphatic heterocycles. The fourth-order valence-electron chi connectivity index (χ4n) is 7.50. The van der Waals surface area contributed by atoms with Crippen LogP contribution in [0.1, 0.15) is 0 Å². The Labute approximate surface area is 282 Å². The first-order chi connectivity index (χ1) is 24.3. The van der Waals surface area contributed by atoms with Crippen molar-refractivity contribution in [1.82, 2.24) is 14.1 Å². The number of rotatable bonds is 5. The third kappa shape index (κ3) is 4.35. The predicted octanol–water partition coefficient (Wildman–Crippen LogP) is 11.9. The smallest absolute Gasteiger partial charge is 0.0987 e. The molecule has 0 radical (unpaired) electrons. The fourth-order valence-corrected chi connectivity index (χ4v) is 7.50. The molecule has 4 heteroatoms. The standard InChI is InChI=1S/C45H29N3O/c1-2-12-33(13-3-1)47-42-18-6-4-15-35(42)37-26-30(20-22-44(37)47)39-28-49-29-40(39)31-21-23-45-38(27-31)36-16-5-7-19-43(36)48(45)34-14-10-11-32(25-34)41-17-8-9-24-46-41/h1-29H. The van der Waals surface area contributed by atoms with Gasteiger partial charge in [0, 0.05) is 55.8 Å². The van der Waals surface area contributed by atoms with Crippen LogP contribution in [0.15, 0.2) is 181 Å². The second-order valence-corrected chi connectivity index (χ2v) is 12.5. The number of aromatic nitrogens is 3. The van der Waals surface area contributed by atoms with Crippen LogP contribution < -0.4 is 0 Å². The monoisotopic (exact) mass is 627 g/mol. The summed E-state index contributed by atoms with van der Waals surface area (Å²) in [5.74, 6) is 0. The van der Waals surface area contributed by atoms with E-state index in [0.717, 1.165) is 50.4 Å². The van der Waals surface area contributed by atoms with Gasteiger partial charge in [0.2, 0.25) is 0 Å². The largest absolute Gasteiger partial charge is 0.471 e. The second kappa shape index (κ2) is 11.0. The van der Waals surface area contributed by atoms with Crippen molar-refractivity contribution in [3.05, 3.63) is 176 Å². The quantitative estimate of drug-likeness (QED) is 0.190. The molecule has 0 aliphatic carbocycles. The molecule has 0 fully saturated rings. The topological polar surface area (TPSA) is 35.9 Å². The summed E-state index contributed by atoms with van der Waals surface area (Å²) in [6, 6.07) is 56.1. The van der Waals surface area contributed by atoms with Crippen LogP contribution in [0.25, 0.3) is 88.5 Å². The van der Waals surface area contributed by atoms with Crippen molar-refractivity contribution in [2.75, 3.05) is 0 Å². The minimum atomic E-state index is 0.961. The van der Waals surface area contributed by atoms with E-state index in [2.05, 4.69) is 160 Å². The van der Waals surface area contributed by atoms with E-state index in [0.29, 0.717) is 0 Å². The molecule has 4 heterocycles. The van der Waals surface area contributed by atoms with Crippen LogP contribution in [0, 0.1) is 0 Å². The highest BCUT2D eigenvalue weighted by atomic mass is 16.3. The van der Waals surface area contributed by atoms with Gasteiger partial charge >= 0.3 is 0 Å². The summed E-state index contributed by atoms with van der Waals surface area (Å²) < 4.78 is 10.6. The number of nitrogens with zero attached hydrogens (tertiary/aromatic N) is 3. The van der Waals surface area contributed by atoms with E-state index in [1.54, 1.807) is 0 Å². The maximum Gasteiger partial charge on any atom is 0.0987 e. The Morgan fingerprint density at radius 2 is 0.939 bits per heavy atom. The zero-order chi connectivity index (χ0) is 32.3. The van der Waals surface area contributed by atoms with Crippen molar-refractivity contribution in [3.8, 4) is 44.9 Å². The van der Waals surface area contributed by atoms with Crippen molar-refractivity contribution in [3.63, 3.8) is 0 Å². The SMILES string of the molecule is c1ccc(-n2c3ccccc3c3cc(-c4cocc4-c4ccc5c(c4)c4ccccc4n5-c4cccc(-c5ccccn5)c4)ccc32)cc1. The molecule has 49 heavy (non-hydrogen) atoms. The van der Waals surface area contributed by atoms with E-state index >= 15 is 0 Å². The molecule has 0 amide bonds. The Morgan fingerprint density at radius 3 is 1.57 bits per heavy atom. The van der Waals surface area contributed by atoms with Gasteiger partial charge in [0.15, 0.2) is 0 Å². The van der Waals surface area contributed by atoms with Crippen molar-refractivity contribution in [2.24, 2.45) is 0 Å². The predicted molar refractivity (Wildman–Crippen MR) is 201 cm³/mol. The van der Waals surface area contributed by atoms with E-state index in [9.17, 15) is 0 Å². The summed E-state index contributed by atoms with van der Waals surface area (Å²) in [4.78, 5) is 4.60. The first-order valence-corrected chi connectivity index (χ1v) is 16.5. The van der Waals surface area contributed by atoms with Gasteiger partial charge in [-0.3, -0.25) is 4.98 Å². The van der Waals surface area contributed by atoms with Gasteiger partial charge in [-0.15, -0.1) is 0 Å². The highest BCUT2D eigenvalue weighted by Crippen LogP contribution is 2.41.